The van der Waals surface area contributed by atoms with Crippen molar-refractivity contribution in [3.63, 3.8) is 0 Å². The van der Waals surface area contributed by atoms with Crippen LogP contribution >= 0.6 is 0 Å². The van der Waals surface area contributed by atoms with Crippen molar-refractivity contribution in [1.82, 2.24) is 4.57 Å². The van der Waals surface area contributed by atoms with Crippen LogP contribution in [-0.4, -0.2) is 14.1 Å². The summed E-state index contributed by atoms with van der Waals surface area (Å²) in [7, 11) is -0.722. The van der Waals surface area contributed by atoms with E-state index in [1.165, 1.54) is 138 Å². The second kappa shape index (κ2) is 17.4. The van der Waals surface area contributed by atoms with Gasteiger partial charge in [-0.2, -0.15) is 0 Å². The van der Waals surface area contributed by atoms with E-state index in [0.717, 1.165) is 0 Å². The van der Waals surface area contributed by atoms with E-state index in [-0.39, 0.29) is 0 Å². The largest absolute Gasteiger partial charge is 0.309 e. The fourth-order valence-corrected chi connectivity index (χ4v) is 13.4. The highest BCUT2D eigenvalue weighted by Gasteiger charge is 2.22. The molecule has 0 fully saturated rings. The van der Waals surface area contributed by atoms with Crippen LogP contribution in [0.25, 0.3) is 127 Å². The molecular formula is C70H47NSi. The second-order valence-electron chi connectivity index (χ2n) is 19.3. The summed E-state index contributed by atoms with van der Waals surface area (Å²) in [5.74, 6) is 0. The van der Waals surface area contributed by atoms with Crippen LogP contribution in [0, 0.1) is 0 Å². The molecule has 0 saturated carbocycles. The van der Waals surface area contributed by atoms with Crippen LogP contribution in [0.1, 0.15) is 0 Å². The highest BCUT2D eigenvalue weighted by Crippen LogP contribution is 2.39. The van der Waals surface area contributed by atoms with E-state index in [0.29, 0.717) is 0 Å². The van der Waals surface area contributed by atoms with Crippen molar-refractivity contribution >= 4 is 52.5 Å². The minimum Gasteiger partial charge on any atom is -0.309 e. The Morgan fingerprint density at radius 3 is 1.10 bits per heavy atom. The lowest BCUT2D eigenvalue weighted by Gasteiger charge is -2.12. The van der Waals surface area contributed by atoms with Gasteiger partial charge in [-0.1, -0.05) is 247 Å². The third-order valence-corrected chi connectivity index (χ3v) is 17.0. The first-order valence-electron chi connectivity index (χ1n) is 25.0. The van der Waals surface area contributed by atoms with Crippen molar-refractivity contribution in [2.45, 2.75) is 0 Å². The minimum atomic E-state index is -0.722. The van der Waals surface area contributed by atoms with Crippen molar-refractivity contribution in [3.8, 4) is 94.7 Å². The van der Waals surface area contributed by atoms with Gasteiger partial charge in [-0.25, -0.2) is 0 Å². The van der Waals surface area contributed by atoms with Crippen LogP contribution in [0.4, 0.5) is 0 Å². The van der Waals surface area contributed by atoms with Gasteiger partial charge in [0.05, 0.1) is 20.6 Å². The standard InChI is InChI=1S/C70H47NSi/c1-3-10-46(11-4-1)48-18-22-50(23-19-48)52-26-30-54(31-27-52)57-35-40-67-65(42-57)66-43-58(55-32-28-53(29-33-55)51-24-20-49(21-25-51)47-12-5-2-6-13-47)36-41-68(66)71(67)60-37-39-64-63-38-34-59(44-69(63)72-70(64)45-60)62-17-9-15-56-14-7-8-16-61(56)62/h1-45H,72H2. The molecule has 0 atom stereocenters. The van der Waals surface area contributed by atoms with Crippen molar-refractivity contribution < 1.29 is 0 Å². The van der Waals surface area contributed by atoms with Crippen LogP contribution < -0.4 is 10.4 Å². The second-order valence-corrected chi connectivity index (χ2v) is 21.1. The maximum atomic E-state index is 2.50. The van der Waals surface area contributed by atoms with Crippen molar-refractivity contribution in [1.29, 1.82) is 0 Å². The van der Waals surface area contributed by atoms with Gasteiger partial charge in [0, 0.05) is 16.5 Å². The maximum absolute atomic E-state index is 2.50. The zero-order chi connectivity index (χ0) is 47.5. The average Bonchev–Trinajstić information content (AvgIpc) is 3.99. The van der Waals surface area contributed by atoms with Gasteiger partial charge in [0.1, 0.15) is 0 Å². The number of rotatable bonds is 8. The molecule has 13 aromatic rings. The number of benzene rings is 12. The molecule has 0 bridgehead atoms. The lowest BCUT2D eigenvalue weighted by atomic mass is 9.96. The number of hydrogen-bond acceptors (Lipinski definition) is 0. The Labute approximate surface area is 422 Å². The maximum Gasteiger partial charge on any atom is 0.0892 e. The van der Waals surface area contributed by atoms with E-state index < -0.39 is 9.52 Å². The van der Waals surface area contributed by atoms with E-state index in [2.05, 4.69) is 278 Å². The molecule has 336 valence electrons. The zero-order valence-corrected chi connectivity index (χ0v) is 41.0. The molecule has 0 spiro atoms. The van der Waals surface area contributed by atoms with E-state index in [4.69, 9.17) is 0 Å². The Kier molecular flexibility index (Phi) is 10.1. The lowest BCUT2D eigenvalue weighted by molar-refractivity contribution is 1.18. The topological polar surface area (TPSA) is 4.93 Å². The summed E-state index contributed by atoms with van der Waals surface area (Å²) in [5, 5.41) is 8.12. The van der Waals surface area contributed by atoms with Crippen molar-refractivity contribution in [2.75, 3.05) is 0 Å². The Hall–Kier alpha value is -9.08. The van der Waals surface area contributed by atoms with Gasteiger partial charge in [-0.3, -0.25) is 0 Å². The highest BCUT2D eigenvalue weighted by atomic mass is 28.2. The molecule has 72 heavy (non-hydrogen) atoms. The molecule has 0 aliphatic carbocycles. The zero-order valence-electron chi connectivity index (χ0n) is 39.6. The molecule has 0 saturated heterocycles. The number of nitrogens with zero attached hydrogens (tertiary/aromatic N) is 1. The van der Waals surface area contributed by atoms with Crippen LogP contribution in [0.5, 0.6) is 0 Å². The van der Waals surface area contributed by atoms with Crippen molar-refractivity contribution in [2.24, 2.45) is 0 Å². The minimum absolute atomic E-state index is 0.722. The van der Waals surface area contributed by atoms with Gasteiger partial charge in [0.15, 0.2) is 0 Å². The van der Waals surface area contributed by atoms with Gasteiger partial charge in [-0.05, 0) is 136 Å². The Balaban J connectivity index is 0.827. The average molecular weight is 930 g/mol. The summed E-state index contributed by atoms with van der Waals surface area (Å²) in [6, 6.07) is 101. The number of aromatic nitrogens is 1. The summed E-state index contributed by atoms with van der Waals surface area (Å²) in [5.41, 5.74) is 23.6. The molecule has 0 unspecified atom stereocenters. The van der Waals surface area contributed by atoms with E-state index in [1.807, 2.05) is 0 Å². The number of hydrogen-bond donors (Lipinski definition) is 0. The quantitative estimate of drug-likeness (QED) is 0.134. The first-order chi connectivity index (χ1) is 35.6. The SMILES string of the molecule is c1ccc(-c2ccc(-c3ccc(-c4ccc5c(c4)c4cc(-c6ccc(-c7ccc(-c8ccccc8)cc7)cc6)ccc4n5-c4ccc5c(c4)[SiH2]c4cc(-c6cccc7ccccc67)ccc4-5)cc3)cc2)cc1. The first-order valence-corrected chi connectivity index (χ1v) is 26.4. The van der Waals surface area contributed by atoms with Crippen LogP contribution in [0.2, 0.25) is 0 Å². The summed E-state index contributed by atoms with van der Waals surface area (Å²) in [6.07, 6.45) is 0. The molecule has 14 rings (SSSR count). The Bertz CT molecular complexity index is 3980. The Morgan fingerprint density at radius 2 is 0.597 bits per heavy atom. The third-order valence-electron chi connectivity index (χ3n) is 15.1. The summed E-state index contributed by atoms with van der Waals surface area (Å²) >= 11 is 0. The van der Waals surface area contributed by atoms with Crippen LogP contribution in [0.3, 0.4) is 0 Å². The molecule has 1 aliphatic rings. The van der Waals surface area contributed by atoms with E-state index in [9.17, 15) is 0 Å². The molecule has 0 radical (unpaired) electrons. The van der Waals surface area contributed by atoms with Gasteiger partial charge in [0.2, 0.25) is 0 Å². The van der Waals surface area contributed by atoms with Gasteiger partial charge in [-0.15, -0.1) is 0 Å². The predicted octanol–water partition coefficient (Wildman–Crippen LogP) is 16.7. The van der Waals surface area contributed by atoms with Crippen LogP contribution in [0.15, 0.2) is 273 Å². The fraction of sp³-hybridized carbons (Fsp3) is 0. The predicted molar refractivity (Wildman–Crippen MR) is 310 cm³/mol. The van der Waals surface area contributed by atoms with E-state index in [1.54, 1.807) is 0 Å². The van der Waals surface area contributed by atoms with E-state index >= 15 is 0 Å². The van der Waals surface area contributed by atoms with Crippen LogP contribution in [-0.2, 0) is 0 Å². The molecule has 1 aromatic heterocycles. The normalized spacial score (nSPS) is 12.2. The smallest absolute Gasteiger partial charge is 0.0892 e. The van der Waals surface area contributed by atoms with Crippen molar-refractivity contribution in [3.05, 3.63) is 273 Å². The summed E-state index contributed by atoms with van der Waals surface area (Å²) in [4.78, 5) is 0. The molecule has 0 N–H and O–H groups in total. The van der Waals surface area contributed by atoms with Gasteiger partial charge in [0.25, 0.3) is 0 Å². The van der Waals surface area contributed by atoms with Gasteiger partial charge >= 0.3 is 0 Å². The molecule has 0 amide bonds. The fourth-order valence-electron chi connectivity index (χ4n) is 11.3. The highest BCUT2D eigenvalue weighted by molar-refractivity contribution is 6.73. The third kappa shape index (κ3) is 7.40. The summed E-state index contributed by atoms with van der Waals surface area (Å²) < 4.78 is 2.50. The lowest BCUT2D eigenvalue weighted by Crippen LogP contribution is -2.21. The molecule has 1 nitrogen and oxygen atoms in total. The molecule has 12 aromatic carbocycles. The number of fused-ring (bicyclic) bond motifs is 7. The molecule has 1 aliphatic heterocycles. The van der Waals surface area contributed by atoms with Gasteiger partial charge < -0.3 is 4.57 Å². The monoisotopic (exact) mass is 929 g/mol. The molecule has 2 heteroatoms. The first kappa shape index (κ1) is 41.9. The molecular weight excluding hydrogens is 883 g/mol. The molecule has 2 heterocycles. The summed E-state index contributed by atoms with van der Waals surface area (Å²) in [6.45, 7) is 0. The Morgan fingerprint density at radius 1 is 0.222 bits per heavy atom.